The van der Waals surface area contributed by atoms with Crippen LogP contribution in [0.4, 0.5) is 5.13 Å². The van der Waals surface area contributed by atoms with Gasteiger partial charge in [-0.05, 0) is 81.9 Å². The van der Waals surface area contributed by atoms with E-state index in [1.54, 1.807) is 24.1 Å². The van der Waals surface area contributed by atoms with Gasteiger partial charge in [0.2, 0.25) is 10.0 Å². The molecule has 9 heteroatoms. The van der Waals surface area contributed by atoms with Crippen molar-refractivity contribution in [1.29, 1.82) is 0 Å². The fraction of sp³-hybridized carbons (Fsp3) is 0.440. The van der Waals surface area contributed by atoms with Crippen molar-refractivity contribution < 1.29 is 13.2 Å². The minimum Gasteiger partial charge on any atom is -0.308 e. The van der Waals surface area contributed by atoms with Crippen LogP contribution in [-0.2, 0) is 10.0 Å². The van der Waals surface area contributed by atoms with E-state index in [1.165, 1.54) is 33.3 Å². The number of rotatable bonds is 10. The molecule has 3 aromatic rings. The second-order valence-electron chi connectivity index (χ2n) is 8.87. The maximum absolute atomic E-state index is 13.5. The molecule has 0 fully saturated rings. The monoisotopic (exact) mass is 502 g/mol. The molecule has 0 aliphatic heterocycles. The van der Waals surface area contributed by atoms with Gasteiger partial charge in [0.05, 0.1) is 15.1 Å². The van der Waals surface area contributed by atoms with E-state index < -0.39 is 10.0 Å². The highest BCUT2D eigenvalue weighted by molar-refractivity contribution is 7.89. The number of sulfonamides is 1. The number of thiazole rings is 1. The maximum Gasteiger partial charge on any atom is 0.260 e. The number of nitrogens with zero attached hydrogens (tertiary/aromatic N) is 4. The molecule has 1 aromatic heterocycles. The van der Waals surface area contributed by atoms with Gasteiger partial charge in [0.15, 0.2) is 5.13 Å². The Kier molecular flexibility index (Phi) is 8.46. The van der Waals surface area contributed by atoms with Crippen molar-refractivity contribution in [2.24, 2.45) is 0 Å². The summed E-state index contributed by atoms with van der Waals surface area (Å²) < 4.78 is 28.0. The van der Waals surface area contributed by atoms with Crippen LogP contribution in [0, 0.1) is 13.8 Å². The topological polar surface area (TPSA) is 73.8 Å². The predicted molar refractivity (Wildman–Crippen MR) is 140 cm³/mol. The van der Waals surface area contributed by atoms with Gasteiger partial charge in [0.1, 0.15) is 0 Å². The zero-order valence-electron chi connectivity index (χ0n) is 20.8. The first-order valence-corrected chi connectivity index (χ1v) is 13.7. The third kappa shape index (κ3) is 5.83. The molecule has 0 bridgehead atoms. The number of hydrogen-bond donors (Lipinski definition) is 0. The van der Waals surface area contributed by atoms with Crippen LogP contribution < -0.4 is 4.90 Å². The summed E-state index contributed by atoms with van der Waals surface area (Å²) in [5.41, 5.74) is 3.66. The Morgan fingerprint density at radius 1 is 0.971 bits per heavy atom. The summed E-state index contributed by atoms with van der Waals surface area (Å²) in [4.78, 5) is 22.2. The number of fused-ring (bicyclic) bond motifs is 1. The van der Waals surface area contributed by atoms with Gasteiger partial charge >= 0.3 is 0 Å². The zero-order valence-corrected chi connectivity index (χ0v) is 22.5. The number of aryl methyl sites for hydroxylation is 2. The number of hydrogen-bond acceptors (Lipinski definition) is 6. The number of anilines is 1. The third-order valence-corrected chi connectivity index (χ3v) is 8.79. The van der Waals surface area contributed by atoms with E-state index in [0.717, 1.165) is 28.6 Å². The second kappa shape index (κ2) is 10.9. The number of likely N-dealkylation sites (N-methyl/N-ethyl adjacent to an activating group) is 1. The Morgan fingerprint density at radius 3 is 2.24 bits per heavy atom. The standard InChI is InChI=1S/C25H34N4O3S2/c1-7-8-13-28(6)34(31,32)21-11-9-20(10-12-21)24(30)29(15-14-27(4)5)25-26-22-16-18(2)19(3)17-23(22)33-25/h9-12,16-17H,7-8,13-15H2,1-6H3. The maximum atomic E-state index is 13.5. The SMILES string of the molecule is CCCCN(C)S(=O)(=O)c1ccc(C(=O)N(CCN(C)C)c2nc3cc(C)c(C)cc3s2)cc1. The molecule has 1 heterocycles. The Labute approximate surface area is 207 Å². The molecule has 3 rings (SSSR count). The van der Waals surface area contributed by atoms with Gasteiger partial charge in [-0.15, -0.1) is 0 Å². The van der Waals surface area contributed by atoms with Gasteiger partial charge in [0, 0.05) is 32.2 Å². The fourth-order valence-electron chi connectivity index (χ4n) is 3.47. The number of amides is 1. The average molecular weight is 503 g/mol. The van der Waals surface area contributed by atoms with E-state index in [2.05, 4.69) is 19.9 Å². The van der Waals surface area contributed by atoms with Crippen molar-refractivity contribution in [3.8, 4) is 0 Å². The molecule has 0 atom stereocenters. The molecule has 34 heavy (non-hydrogen) atoms. The first-order valence-electron chi connectivity index (χ1n) is 11.5. The molecule has 0 saturated heterocycles. The van der Waals surface area contributed by atoms with E-state index in [4.69, 9.17) is 4.98 Å². The number of benzene rings is 2. The summed E-state index contributed by atoms with van der Waals surface area (Å²) in [7, 11) is 1.93. The van der Waals surface area contributed by atoms with Crippen molar-refractivity contribution in [3.05, 3.63) is 53.1 Å². The van der Waals surface area contributed by atoms with Gasteiger partial charge in [-0.2, -0.15) is 0 Å². The third-order valence-electron chi connectivity index (χ3n) is 5.88. The van der Waals surface area contributed by atoms with Crippen molar-refractivity contribution >= 4 is 42.6 Å². The first-order chi connectivity index (χ1) is 16.0. The molecule has 7 nitrogen and oxygen atoms in total. The minimum atomic E-state index is -3.58. The molecule has 184 valence electrons. The lowest BCUT2D eigenvalue weighted by Crippen LogP contribution is -2.36. The fourth-order valence-corrected chi connectivity index (χ4v) is 5.75. The molecular weight excluding hydrogens is 468 g/mol. The summed E-state index contributed by atoms with van der Waals surface area (Å²) in [5, 5.41) is 0.642. The molecular formula is C25H34N4O3S2. The summed E-state index contributed by atoms with van der Waals surface area (Å²) in [6.45, 7) is 7.76. The average Bonchev–Trinajstić information content (AvgIpc) is 3.19. The van der Waals surface area contributed by atoms with Crippen LogP contribution in [0.5, 0.6) is 0 Å². The van der Waals surface area contributed by atoms with Crippen LogP contribution in [0.2, 0.25) is 0 Å². The van der Waals surface area contributed by atoms with E-state index in [1.807, 2.05) is 32.0 Å². The van der Waals surface area contributed by atoms with Gasteiger partial charge < -0.3 is 4.90 Å². The lowest BCUT2D eigenvalue weighted by molar-refractivity contribution is 0.0985. The highest BCUT2D eigenvalue weighted by Crippen LogP contribution is 2.31. The van der Waals surface area contributed by atoms with Crippen molar-refractivity contribution in [3.63, 3.8) is 0 Å². The van der Waals surface area contributed by atoms with Crippen molar-refractivity contribution in [1.82, 2.24) is 14.2 Å². The molecule has 0 aliphatic rings. The van der Waals surface area contributed by atoms with Crippen LogP contribution in [0.1, 0.15) is 41.3 Å². The highest BCUT2D eigenvalue weighted by atomic mass is 32.2. The van der Waals surface area contributed by atoms with Crippen LogP contribution >= 0.6 is 11.3 Å². The molecule has 0 spiro atoms. The summed E-state index contributed by atoms with van der Waals surface area (Å²) >= 11 is 1.49. The Hall–Kier alpha value is -2.33. The lowest BCUT2D eigenvalue weighted by Gasteiger charge is -2.22. The van der Waals surface area contributed by atoms with E-state index in [0.29, 0.717) is 30.3 Å². The molecule has 0 N–H and O–H groups in total. The summed E-state index contributed by atoms with van der Waals surface area (Å²) in [5.74, 6) is -0.197. The van der Waals surface area contributed by atoms with Crippen LogP contribution in [0.25, 0.3) is 10.2 Å². The van der Waals surface area contributed by atoms with Crippen molar-refractivity contribution in [2.45, 2.75) is 38.5 Å². The minimum absolute atomic E-state index is 0.188. The Bertz CT molecular complexity index is 1210. The number of unbranched alkanes of at least 4 members (excludes halogenated alkanes) is 1. The molecule has 2 aromatic carbocycles. The Balaban J connectivity index is 1.91. The largest absolute Gasteiger partial charge is 0.308 e. The second-order valence-corrected chi connectivity index (χ2v) is 11.9. The van der Waals surface area contributed by atoms with Crippen molar-refractivity contribution in [2.75, 3.05) is 45.7 Å². The lowest BCUT2D eigenvalue weighted by atomic mass is 10.1. The normalized spacial score (nSPS) is 12.1. The summed E-state index contributed by atoms with van der Waals surface area (Å²) in [6, 6.07) is 10.4. The van der Waals surface area contributed by atoms with Gasteiger partial charge in [-0.3, -0.25) is 9.69 Å². The molecule has 0 unspecified atom stereocenters. The first kappa shape index (κ1) is 26.3. The number of carbonyl (C=O) groups is 1. The number of aromatic nitrogens is 1. The van der Waals surface area contributed by atoms with E-state index in [9.17, 15) is 13.2 Å². The highest BCUT2D eigenvalue weighted by Gasteiger charge is 2.24. The number of carbonyl (C=O) groups excluding carboxylic acids is 1. The van der Waals surface area contributed by atoms with Crippen LogP contribution in [0.15, 0.2) is 41.3 Å². The predicted octanol–water partition coefficient (Wildman–Crippen LogP) is 4.54. The Morgan fingerprint density at radius 2 is 1.62 bits per heavy atom. The van der Waals surface area contributed by atoms with E-state index in [-0.39, 0.29) is 10.8 Å². The summed E-state index contributed by atoms with van der Waals surface area (Å²) in [6.07, 6.45) is 1.72. The molecule has 0 saturated carbocycles. The smallest absolute Gasteiger partial charge is 0.260 e. The van der Waals surface area contributed by atoms with Crippen LogP contribution in [0.3, 0.4) is 0 Å². The van der Waals surface area contributed by atoms with Gasteiger partial charge in [-0.25, -0.2) is 17.7 Å². The molecule has 1 amide bonds. The van der Waals surface area contributed by atoms with Crippen LogP contribution in [-0.4, -0.2) is 69.3 Å². The van der Waals surface area contributed by atoms with E-state index >= 15 is 0 Å². The molecule has 0 aliphatic carbocycles. The quantitative estimate of drug-likeness (QED) is 0.407. The van der Waals surface area contributed by atoms with Gasteiger partial charge in [-0.1, -0.05) is 24.7 Å². The van der Waals surface area contributed by atoms with Gasteiger partial charge in [0.25, 0.3) is 5.91 Å². The molecule has 0 radical (unpaired) electrons. The zero-order chi connectivity index (χ0) is 25.0.